The summed E-state index contributed by atoms with van der Waals surface area (Å²) in [6.45, 7) is 1.81. The molecule has 4 nitrogen and oxygen atoms in total. The predicted octanol–water partition coefficient (Wildman–Crippen LogP) is 1.45. The van der Waals surface area contributed by atoms with Crippen LogP contribution in [0.4, 0.5) is 0 Å². The Morgan fingerprint density at radius 3 is 2.73 bits per heavy atom. The number of nitrogens with one attached hydrogen (secondary N) is 1. The van der Waals surface area contributed by atoms with Crippen molar-refractivity contribution in [1.82, 2.24) is 10.2 Å². The van der Waals surface area contributed by atoms with Crippen LogP contribution in [0.5, 0.6) is 5.75 Å². The van der Waals surface area contributed by atoms with Crippen LogP contribution in [0, 0.1) is 6.92 Å². The van der Waals surface area contributed by atoms with Crippen molar-refractivity contribution in [3.05, 3.63) is 46.4 Å². The number of hydrogen-bond acceptors (Lipinski definition) is 3. The Hall–Kier alpha value is -2.10. The van der Waals surface area contributed by atoms with Gasteiger partial charge in [-0.25, -0.2) is 5.10 Å². The maximum atomic E-state index is 11.0. The van der Waals surface area contributed by atoms with Crippen LogP contribution < -0.4 is 5.56 Å². The summed E-state index contributed by atoms with van der Waals surface area (Å²) in [5.74, 6) is 0.216. The van der Waals surface area contributed by atoms with Crippen molar-refractivity contribution in [2.75, 3.05) is 0 Å². The average Bonchev–Trinajstić information content (AvgIpc) is 2.22. The first-order chi connectivity index (χ1) is 7.16. The van der Waals surface area contributed by atoms with E-state index in [9.17, 15) is 9.90 Å². The van der Waals surface area contributed by atoms with E-state index in [-0.39, 0.29) is 11.3 Å². The molecule has 2 rings (SSSR count). The van der Waals surface area contributed by atoms with E-state index in [2.05, 4.69) is 10.2 Å². The average molecular weight is 202 g/mol. The maximum absolute atomic E-state index is 11.0. The van der Waals surface area contributed by atoms with E-state index in [1.54, 1.807) is 18.3 Å². The molecule has 0 saturated heterocycles. The number of aromatic hydroxyl groups is 1. The Morgan fingerprint density at radius 1 is 1.27 bits per heavy atom. The smallest absolute Gasteiger partial charge is 0.264 e. The number of benzene rings is 1. The van der Waals surface area contributed by atoms with Crippen molar-refractivity contribution in [2.45, 2.75) is 6.92 Å². The Kier molecular flexibility index (Phi) is 2.25. The largest absolute Gasteiger partial charge is 0.508 e. The van der Waals surface area contributed by atoms with E-state index >= 15 is 0 Å². The molecule has 0 spiro atoms. The summed E-state index contributed by atoms with van der Waals surface area (Å²) in [4.78, 5) is 11.0. The van der Waals surface area contributed by atoms with Crippen molar-refractivity contribution in [3.8, 4) is 16.9 Å². The summed E-state index contributed by atoms with van der Waals surface area (Å²) in [5.41, 5.74) is 2.01. The van der Waals surface area contributed by atoms with E-state index in [0.717, 1.165) is 11.1 Å². The predicted molar refractivity (Wildman–Crippen MR) is 56.7 cm³/mol. The molecule has 1 aromatic carbocycles. The molecule has 2 aromatic rings. The summed E-state index contributed by atoms with van der Waals surface area (Å²) >= 11 is 0. The molecule has 2 N–H and O–H groups in total. The third kappa shape index (κ3) is 1.88. The number of phenolic OH excluding ortho intramolecular Hbond substituents is 1. The molecule has 0 aliphatic rings. The fourth-order valence-electron chi connectivity index (χ4n) is 1.32. The number of hydrogen-bond donors (Lipinski definition) is 2. The molecule has 15 heavy (non-hydrogen) atoms. The standard InChI is InChI=1S/C11H10N2O2/c1-7-2-3-8(4-10(7)14)9-5-11(15)13-12-6-9/h2-6,14H,1H3,(H,13,15). The van der Waals surface area contributed by atoms with Crippen LogP contribution >= 0.6 is 0 Å². The quantitative estimate of drug-likeness (QED) is 0.735. The minimum Gasteiger partial charge on any atom is -0.508 e. The van der Waals surface area contributed by atoms with Gasteiger partial charge in [-0.2, -0.15) is 5.10 Å². The van der Waals surface area contributed by atoms with Gasteiger partial charge in [0, 0.05) is 11.6 Å². The SMILES string of the molecule is Cc1ccc(-c2cn[nH]c(=O)c2)cc1O. The Bertz CT molecular complexity index is 546. The summed E-state index contributed by atoms with van der Waals surface area (Å²) in [6, 6.07) is 6.69. The minimum atomic E-state index is -0.257. The summed E-state index contributed by atoms with van der Waals surface area (Å²) in [7, 11) is 0. The van der Waals surface area contributed by atoms with Crippen LogP contribution in [0.15, 0.2) is 35.3 Å². The second-order valence-corrected chi connectivity index (χ2v) is 3.34. The van der Waals surface area contributed by atoms with E-state index in [1.165, 1.54) is 6.07 Å². The fraction of sp³-hybridized carbons (Fsp3) is 0.0909. The van der Waals surface area contributed by atoms with Gasteiger partial charge in [0.15, 0.2) is 0 Å². The molecule has 0 amide bonds. The monoisotopic (exact) mass is 202 g/mol. The zero-order valence-electron chi connectivity index (χ0n) is 8.19. The third-order valence-corrected chi connectivity index (χ3v) is 2.21. The van der Waals surface area contributed by atoms with Crippen LogP contribution in [0.3, 0.4) is 0 Å². The first-order valence-corrected chi connectivity index (χ1v) is 4.51. The summed E-state index contributed by atoms with van der Waals surface area (Å²) in [6.07, 6.45) is 1.55. The van der Waals surface area contributed by atoms with Crippen LogP contribution in [0.25, 0.3) is 11.1 Å². The fourth-order valence-corrected chi connectivity index (χ4v) is 1.32. The second-order valence-electron chi connectivity index (χ2n) is 3.34. The lowest BCUT2D eigenvalue weighted by Crippen LogP contribution is -2.05. The van der Waals surface area contributed by atoms with Gasteiger partial charge in [-0.3, -0.25) is 4.79 Å². The number of aromatic amines is 1. The van der Waals surface area contributed by atoms with Gasteiger partial charge in [0.25, 0.3) is 5.56 Å². The van der Waals surface area contributed by atoms with Gasteiger partial charge in [-0.1, -0.05) is 12.1 Å². The molecule has 0 bridgehead atoms. The Balaban J connectivity index is 2.55. The highest BCUT2D eigenvalue weighted by molar-refractivity contribution is 5.64. The zero-order valence-corrected chi connectivity index (χ0v) is 8.19. The first kappa shape index (κ1) is 9.45. The molecule has 0 fully saturated rings. The lowest BCUT2D eigenvalue weighted by Gasteiger charge is -2.03. The summed E-state index contributed by atoms with van der Waals surface area (Å²) < 4.78 is 0. The van der Waals surface area contributed by atoms with Crippen molar-refractivity contribution >= 4 is 0 Å². The molecule has 4 heteroatoms. The van der Waals surface area contributed by atoms with E-state index in [0.29, 0.717) is 5.56 Å². The van der Waals surface area contributed by atoms with Gasteiger partial charge < -0.3 is 5.11 Å². The molecule has 0 saturated carbocycles. The van der Waals surface area contributed by atoms with Crippen molar-refractivity contribution in [2.24, 2.45) is 0 Å². The molecule has 76 valence electrons. The minimum absolute atomic E-state index is 0.216. The van der Waals surface area contributed by atoms with Crippen LogP contribution in [0.2, 0.25) is 0 Å². The number of aromatic nitrogens is 2. The van der Waals surface area contributed by atoms with Gasteiger partial charge in [0.1, 0.15) is 5.75 Å². The topological polar surface area (TPSA) is 66.0 Å². The lowest BCUT2D eigenvalue weighted by atomic mass is 10.1. The van der Waals surface area contributed by atoms with Gasteiger partial charge in [-0.15, -0.1) is 0 Å². The number of H-pyrrole nitrogens is 1. The van der Waals surface area contributed by atoms with Crippen molar-refractivity contribution in [1.29, 1.82) is 0 Å². The molecule has 1 aromatic heterocycles. The Labute approximate surface area is 86.2 Å². The van der Waals surface area contributed by atoms with Crippen LogP contribution in [0.1, 0.15) is 5.56 Å². The highest BCUT2D eigenvalue weighted by Crippen LogP contribution is 2.24. The molecule has 0 aliphatic heterocycles. The number of phenols is 1. The van der Waals surface area contributed by atoms with E-state index < -0.39 is 0 Å². The molecule has 0 atom stereocenters. The highest BCUT2D eigenvalue weighted by atomic mass is 16.3. The van der Waals surface area contributed by atoms with Gasteiger partial charge in [-0.05, 0) is 24.1 Å². The molecule has 0 unspecified atom stereocenters. The molecule has 0 aliphatic carbocycles. The molecular weight excluding hydrogens is 192 g/mol. The molecular formula is C11H10N2O2. The Morgan fingerprint density at radius 2 is 2.07 bits per heavy atom. The van der Waals surface area contributed by atoms with Crippen molar-refractivity contribution in [3.63, 3.8) is 0 Å². The highest BCUT2D eigenvalue weighted by Gasteiger charge is 2.01. The van der Waals surface area contributed by atoms with Crippen LogP contribution in [-0.2, 0) is 0 Å². The van der Waals surface area contributed by atoms with Crippen LogP contribution in [-0.4, -0.2) is 15.3 Å². The van der Waals surface area contributed by atoms with Gasteiger partial charge in [0.2, 0.25) is 0 Å². The van der Waals surface area contributed by atoms with Gasteiger partial charge in [0.05, 0.1) is 6.20 Å². The molecule has 0 radical (unpaired) electrons. The number of rotatable bonds is 1. The second kappa shape index (κ2) is 3.57. The third-order valence-electron chi connectivity index (χ3n) is 2.21. The summed E-state index contributed by atoms with van der Waals surface area (Å²) in [5, 5.41) is 15.5. The zero-order chi connectivity index (χ0) is 10.8. The molecule has 1 heterocycles. The lowest BCUT2D eigenvalue weighted by molar-refractivity contribution is 0.471. The van der Waals surface area contributed by atoms with E-state index in [4.69, 9.17) is 0 Å². The number of aryl methyl sites for hydroxylation is 1. The normalized spacial score (nSPS) is 10.2. The van der Waals surface area contributed by atoms with Gasteiger partial charge >= 0.3 is 0 Å². The maximum Gasteiger partial charge on any atom is 0.264 e. The van der Waals surface area contributed by atoms with E-state index in [1.807, 2.05) is 13.0 Å². The van der Waals surface area contributed by atoms with Crippen molar-refractivity contribution < 1.29 is 5.11 Å². The first-order valence-electron chi connectivity index (χ1n) is 4.51. The number of nitrogens with zero attached hydrogens (tertiary/aromatic N) is 1.